The van der Waals surface area contributed by atoms with Crippen molar-refractivity contribution in [2.24, 2.45) is 0 Å². The second-order valence-corrected chi connectivity index (χ2v) is 27.0. The van der Waals surface area contributed by atoms with Gasteiger partial charge in [0.2, 0.25) is 0 Å². The maximum absolute atomic E-state index is 2.66. The van der Waals surface area contributed by atoms with E-state index in [1.54, 1.807) is 0 Å². The van der Waals surface area contributed by atoms with Crippen LogP contribution in [0.5, 0.6) is 0 Å². The number of para-hydroxylation sites is 3. The molecule has 0 saturated heterocycles. The molecule has 0 atom stereocenters. The first-order chi connectivity index (χ1) is 49.6. The number of anilines is 6. The molecule has 4 aliphatic heterocycles. The van der Waals surface area contributed by atoms with Gasteiger partial charge in [0.05, 0.1) is 5.69 Å². The highest BCUT2D eigenvalue weighted by Crippen LogP contribution is 2.52. The minimum atomic E-state index is 0.115. The minimum absolute atomic E-state index is 0.115. The lowest BCUT2D eigenvalue weighted by Gasteiger charge is -2.33. The molecule has 100 heavy (non-hydrogen) atoms. The fourth-order valence-electron chi connectivity index (χ4n) is 17.5. The third-order valence-corrected chi connectivity index (χ3v) is 21.6. The van der Waals surface area contributed by atoms with Crippen molar-refractivity contribution in [1.29, 1.82) is 0 Å². The SMILES string of the molecule is c1ccc(-c2cc3c4c(c2)c2cc(-c5ccc(N(c6ccccc6)c6ccccc6)cc5)cc5c2n4B(c2ccccc2-3)c2ccccc2-5)cc1.c1ccc(-c2cc3c4c(c2)c2cc(N(c5ccccc5)c5cccc6ccccc56)cc5c2n4B(c2ccccc2-3)c2ccccc2-5)cc1. The molecular formula is C94H60B2N4. The van der Waals surface area contributed by atoms with Crippen molar-refractivity contribution in [3.05, 3.63) is 364 Å². The van der Waals surface area contributed by atoms with Crippen molar-refractivity contribution in [2.75, 3.05) is 9.80 Å². The van der Waals surface area contributed by atoms with Crippen LogP contribution in [0.25, 0.3) is 132 Å². The maximum Gasteiger partial charge on any atom is 0.329 e. The van der Waals surface area contributed by atoms with Crippen molar-refractivity contribution in [3.63, 3.8) is 0 Å². The molecule has 0 unspecified atom stereocenters. The van der Waals surface area contributed by atoms with E-state index in [1.807, 2.05) is 0 Å². The van der Waals surface area contributed by atoms with Crippen LogP contribution < -0.4 is 31.7 Å². The Bertz CT molecular complexity index is 6300. The van der Waals surface area contributed by atoms with Crippen molar-refractivity contribution in [2.45, 2.75) is 0 Å². The number of benzene rings is 16. The van der Waals surface area contributed by atoms with Crippen LogP contribution in [0, 0.1) is 0 Å². The van der Waals surface area contributed by atoms with Gasteiger partial charge >= 0.3 is 13.7 Å². The summed E-state index contributed by atoms with van der Waals surface area (Å²) in [6.07, 6.45) is 0. The zero-order chi connectivity index (χ0) is 65.5. The lowest BCUT2D eigenvalue weighted by molar-refractivity contribution is 1.28. The van der Waals surface area contributed by atoms with Crippen LogP contribution in [-0.4, -0.2) is 22.7 Å². The van der Waals surface area contributed by atoms with E-state index in [0.717, 1.165) is 28.4 Å². The molecule has 4 nitrogen and oxygen atoms in total. The summed E-state index contributed by atoms with van der Waals surface area (Å²) in [5.74, 6) is 0. The molecule has 6 heteroatoms. The Labute approximate surface area is 581 Å². The number of rotatable bonds is 9. The van der Waals surface area contributed by atoms with Gasteiger partial charge < -0.3 is 18.8 Å². The molecule has 0 radical (unpaired) electrons. The summed E-state index contributed by atoms with van der Waals surface area (Å²) < 4.78 is 5.31. The Kier molecular flexibility index (Phi) is 12.6. The zero-order valence-electron chi connectivity index (χ0n) is 54.6. The molecule has 0 bridgehead atoms. The van der Waals surface area contributed by atoms with E-state index in [2.05, 4.69) is 383 Å². The highest BCUT2D eigenvalue weighted by molar-refractivity contribution is 6.89. The lowest BCUT2D eigenvalue weighted by Crippen LogP contribution is -2.53. The topological polar surface area (TPSA) is 16.3 Å². The standard InChI is InChI=1S/C48H31BN2.C46H29BN2/c1-4-14-32(15-5-1)34-28-41-39-20-10-12-22-45(39)49-46-23-13-11-21-40(46)42-29-35(31-44-43(30-34)47(41)51(49)48(42)44)33-24-26-38(27-25-33)50(36-16-6-2-7-17-36)37-18-8-3-9-19-37;1-3-14-30(15-4-1)32-26-38-36-21-9-11-23-42(36)47-43-24-12-10-22-37(43)40-28-34(29-41-39(27-32)45(38)49(47)46(40)41)48(33-18-5-2-6-19-33)44-25-13-17-31-16-7-8-20-35(31)44/h1-31H;1-29H. The third-order valence-electron chi connectivity index (χ3n) is 21.6. The zero-order valence-corrected chi connectivity index (χ0v) is 54.6. The Morgan fingerprint density at radius 2 is 0.510 bits per heavy atom. The Balaban J connectivity index is 0.000000131. The fourth-order valence-corrected chi connectivity index (χ4v) is 17.5. The molecule has 0 saturated carbocycles. The number of fused-ring (bicyclic) bond motifs is 15. The molecule has 0 fully saturated rings. The number of hydrogen-bond acceptors (Lipinski definition) is 2. The number of hydrogen-bond donors (Lipinski definition) is 0. The average Bonchev–Trinajstić information content (AvgIpc) is 1.50. The van der Waals surface area contributed by atoms with Gasteiger partial charge in [0.15, 0.2) is 0 Å². The van der Waals surface area contributed by atoms with Gasteiger partial charge in [0.25, 0.3) is 0 Å². The highest BCUT2D eigenvalue weighted by atomic mass is 15.1. The molecule has 18 aromatic rings. The smallest absolute Gasteiger partial charge is 0.329 e. The van der Waals surface area contributed by atoms with Gasteiger partial charge in [-0.1, -0.05) is 261 Å². The van der Waals surface area contributed by atoms with E-state index in [9.17, 15) is 0 Å². The van der Waals surface area contributed by atoms with Crippen molar-refractivity contribution >= 4 is 124 Å². The average molecular weight is 1270 g/mol. The first-order valence-electron chi connectivity index (χ1n) is 34.8. The summed E-state index contributed by atoms with van der Waals surface area (Å²) in [5, 5.41) is 7.67. The quantitative estimate of drug-likeness (QED) is 0.134. The van der Waals surface area contributed by atoms with Crippen LogP contribution in [0.15, 0.2) is 364 Å². The molecule has 22 rings (SSSR count). The second-order valence-electron chi connectivity index (χ2n) is 27.0. The summed E-state index contributed by atoms with van der Waals surface area (Å²) in [7, 11) is 0. The van der Waals surface area contributed by atoms with E-state index in [4.69, 9.17) is 0 Å². The highest BCUT2D eigenvalue weighted by Gasteiger charge is 2.42. The Morgan fingerprint density at radius 1 is 0.190 bits per heavy atom. The summed E-state index contributed by atoms with van der Waals surface area (Å²) in [6, 6.07) is 134. The second kappa shape index (κ2) is 22.3. The van der Waals surface area contributed by atoms with E-state index < -0.39 is 0 Å². The summed E-state index contributed by atoms with van der Waals surface area (Å²) in [6.45, 7) is 0.246. The minimum Gasteiger partial charge on any atom is -0.375 e. The van der Waals surface area contributed by atoms with Gasteiger partial charge in [-0.3, -0.25) is 0 Å². The van der Waals surface area contributed by atoms with E-state index in [0.29, 0.717) is 0 Å². The van der Waals surface area contributed by atoms with Crippen LogP contribution in [0.4, 0.5) is 34.1 Å². The largest absolute Gasteiger partial charge is 0.375 e. The summed E-state index contributed by atoms with van der Waals surface area (Å²) in [5.41, 5.74) is 35.5. The van der Waals surface area contributed by atoms with Gasteiger partial charge in [-0.15, -0.1) is 0 Å². The fraction of sp³-hybridized carbons (Fsp3) is 0. The van der Waals surface area contributed by atoms with E-state index >= 15 is 0 Å². The Morgan fingerprint density at radius 3 is 0.940 bits per heavy atom. The first-order valence-corrected chi connectivity index (χ1v) is 34.8. The van der Waals surface area contributed by atoms with E-state index in [-0.39, 0.29) is 13.7 Å². The monoisotopic (exact) mass is 1270 g/mol. The van der Waals surface area contributed by atoms with Crippen LogP contribution in [0.2, 0.25) is 0 Å². The van der Waals surface area contributed by atoms with Gasteiger partial charge in [0.1, 0.15) is 0 Å². The van der Waals surface area contributed by atoms with Gasteiger partial charge in [0, 0.05) is 99.7 Å². The number of nitrogens with zero attached hydrogens (tertiary/aromatic N) is 4. The summed E-state index contributed by atoms with van der Waals surface area (Å²) >= 11 is 0. The molecular weight excluding hydrogens is 1210 g/mol. The predicted octanol–water partition coefficient (Wildman–Crippen LogP) is 21.9. The molecule has 0 amide bonds. The van der Waals surface area contributed by atoms with Crippen molar-refractivity contribution < 1.29 is 0 Å². The Hall–Kier alpha value is -12.9. The molecule has 0 aliphatic carbocycles. The van der Waals surface area contributed by atoms with Gasteiger partial charge in [-0.2, -0.15) is 0 Å². The van der Waals surface area contributed by atoms with Crippen LogP contribution >= 0.6 is 0 Å². The van der Waals surface area contributed by atoms with Gasteiger partial charge in [-0.25, -0.2) is 0 Å². The van der Waals surface area contributed by atoms with E-state index in [1.165, 1.54) is 160 Å². The number of aromatic nitrogens is 2. The van der Waals surface area contributed by atoms with Crippen LogP contribution in [0.1, 0.15) is 0 Å². The first kappa shape index (κ1) is 56.3. The molecule has 0 N–H and O–H groups in total. The molecule has 6 heterocycles. The van der Waals surface area contributed by atoms with Crippen LogP contribution in [0.3, 0.4) is 0 Å². The maximum atomic E-state index is 2.66. The third kappa shape index (κ3) is 8.50. The molecule has 0 spiro atoms. The predicted molar refractivity (Wildman–Crippen MR) is 425 cm³/mol. The van der Waals surface area contributed by atoms with Crippen LogP contribution in [-0.2, 0) is 0 Å². The van der Waals surface area contributed by atoms with Crippen molar-refractivity contribution in [1.82, 2.24) is 8.96 Å². The molecule has 462 valence electrons. The molecule has 16 aromatic carbocycles. The van der Waals surface area contributed by atoms with Crippen molar-refractivity contribution in [3.8, 4) is 77.9 Å². The lowest BCUT2D eigenvalue weighted by atomic mass is 9.45. The summed E-state index contributed by atoms with van der Waals surface area (Å²) in [4.78, 5) is 4.77. The molecule has 2 aromatic heterocycles. The van der Waals surface area contributed by atoms with Gasteiger partial charge in [-0.05, 0) is 186 Å². The normalized spacial score (nSPS) is 12.4. The molecule has 4 aliphatic rings.